The second kappa shape index (κ2) is 5.76. The van der Waals surface area contributed by atoms with Crippen LogP contribution < -0.4 is 5.32 Å². The van der Waals surface area contributed by atoms with Gasteiger partial charge in [-0.3, -0.25) is 4.79 Å². The van der Waals surface area contributed by atoms with E-state index in [1.807, 2.05) is 13.8 Å². The normalized spacial score (nSPS) is 14.2. The molecule has 2 aromatic heterocycles. The molecule has 0 saturated carbocycles. The van der Waals surface area contributed by atoms with Crippen LogP contribution in [0.5, 0.6) is 0 Å². The average Bonchev–Trinajstić information content (AvgIpc) is 3.05. The highest BCUT2D eigenvalue weighted by atomic mass is 32.1. The van der Waals surface area contributed by atoms with Gasteiger partial charge in [-0.25, -0.2) is 4.98 Å². The highest BCUT2D eigenvalue weighted by Crippen LogP contribution is 2.24. The zero-order valence-corrected chi connectivity index (χ0v) is 12.5. The molecule has 0 aliphatic carbocycles. The first kappa shape index (κ1) is 14.7. The lowest BCUT2D eigenvalue weighted by Crippen LogP contribution is -2.44. The lowest BCUT2D eigenvalue weighted by molar-refractivity contribution is 0.0142. The van der Waals surface area contributed by atoms with Crippen LogP contribution in [0.2, 0.25) is 0 Å². The maximum atomic E-state index is 12.0. The minimum absolute atomic E-state index is 0.0527. The van der Waals surface area contributed by atoms with Gasteiger partial charge in [0.15, 0.2) is 10.8 Å². The first-order valence-electron chi connectivity index (χ1n) is 6.40. The quantitative estimate of drug-likeness (QED) is 0.888. The summed E-state index contributed by atoms with van der Waals surface area (Å²) in [5.41, 5.74) is -0.601. The van der Waals surface area contributed by atoms with Crippen molar-refractivity contribution in [3.05, 3.63) is 29.5 Å². The zero-order valence-electron chi connectivity index (χ0n) is 11.7. The van der Waals surface area contributed by atoms with Crippen LogP contribution in [0.3, 0.4) is 0 Å². The van der Waals surface area contributed by atoms with Crippen molar-refractivity contribution in [3.63, 3.8) is 0 Å². The van der Waals surface area contributed by atoms with E-state index in [-0.39, 0.29) is 18.4 Å². The summed E-state index contributed by atoms with van der Waals surface area (Å²) in [6, 6.07) is 3.57. The molecule has 0 radical (unpaired) electrons. The second-order valence-electron chi connectivity index (χ2n) is 5.21. The van der Waals surface area contributed by atoms with Gasteiger partial charge in [0.2, 0.25) is 0 Å². The van der Waals surface area contributed by atoms with Gasteiger partial charge in [0.25, 0.3) is 5.91 Å². The molecule has 0 bridgehead atoms. The topological polar surface area (TPSA) is 75.4 Å². The molecule has 1 atom stereocenters. The van der Waals surface area contributed by atoms with Crippen molar-refractivity contribution in [2.75, 3.05) is 6.54 Å². The summed E-state index contributed by atoms with van der Waals surface area (Å²) < 4.78 is 5.23. The maximum Gasteiger partial charge on any atom is 0.270 e. The number of amides is 1. The van der Waals surface area contributed by atoms with Crippen molar-refractivity contribution in [1.29, 1.82) is 0 Å². The largest absolute Gasteiger partial charge is 0.462 e. The molecule has 108 valence electrons. The molecule has 1 unspecified atom stereocenters. The maximum absolute atomic E-state index is 12.0. The molecule has 0 saturated heterocycles. The van der Waals surface area contributed by atoms with Gasteiger partial charge < -0.3 is 14.8 Å². The van der Waals surface area contributed by atoms with Crippen LogP contribution in [0.15, 0.2) is 28.2 Å². The van der Waals surface area contributed by atoms with Gasteiger partial charge in [0.1, 0.15) is 5.69 Å². The van der Waals surface area contributed by atoms with E-state index >= 15 is 0 Å². The zero-order chi connectivity index (χ0) is 14.8. The standard InChI is InChI=1S/C14H18N2O3S/c1-9(2)14(3,18)8-15-12(17)10-7-20-13(16-10)11-5-4-6-19-11/h4-7,9,18H,8H2,1-3H3,(H,15,17). The Balaban J connectivity index is 2.00. The van der Waals surface area contributed by atoms with Gasteiger partial charge in [0.05, 0.1) is 11.9 Å². The highest BCUT2D eigenvalue weighted by Gasteiger charge is 2.26. The number of thiazole rings is 1. The second-order valence-corrected chi connectivity index (χ2v) is 6.07. The van der Waals surface area contributed by atoms with E-state index in [0.29, 0.717) is 16.5 Å². The number of rotatable bonds is 5. The predicted molar refractivity (Wildman–Crippen MR) is 77.6 cm³/mol. The van der Waals surface area contributed by atoms with Crippen LogP contribution in [0.4, 0.5) is 0 Å². The molecular weight excluding hydrogens is 276 g/mol. The van der Waals surface area contributed by atoms with Gasteiger partial charge in [-0.2, -0.15) is 0 Å². The lowest BCUT2D eigenvalue weighted by atomic mass is 9.92. The van der Waals surface area contributed by atoms with Crippen LogP contribution >= 0.6 is 11.3 Å². The van der Waals surface area contributed by atoms with Crippen molar-refractivity contribution >= 4 is 17.2 Å². The third-order valence-corrected chi connectivity index (χ3v) is 4.18. The number of hydrogen-bond acceptors (Lipinski definition) is 5. The Hall–Kier alpha value is -1.66. The third kappa shape index (κ3) is 3.26. The van der Waals surface area contributed by atoms with Crippen molar-refractivity contribution < 1.29 is 14.3 Å². The van der Waals surface area contributed by atoms with Gasteiger partial charge in [0, 0.05) is 11.9 Å². The molecule has 2 heterocycles. The van der Waals surface area contributed by atoms with Crippen molar-refractivity contribution in [2.24, 2.45) is 5.92 Å². The minimum atomic E-state index is -0.935. The van der Waals surface area contributed by atoms with Crippen molar-refractivity contribution in [1.82, 2.24) is 10.3 Å². The number of carbonyl (C=O) groups excluding carboxylic acids is 1. The summed E-state index contributed by atoms with van der Waals surface area (Å²) in [5, 5.41) is 15.1. The third-order valence-electron chi connectivity index (χ3n) is 3.32. The summed E-state index contributed by atoms with van der Waals surface area (Å²) in [6.07, 6.45) is 1.57. The van der Waals surface area contributed by atoms with Gasteiger partial charge in [-0.05, 0) is 25.0 Å². The molecule has 0 aliphatic heterocycles. The van der Waals surface area contributed by atoms with E-state index in [2.05, 4.69) is 10.3 Å². The lowest BCUT2D eigenvalue weighted by Gasteiger charge is -2.27. The Morgan fingerprint density at radius 2 is 2.35 bits per heavy atom. The first-order valence-corrected chi connectivity index (χ1v) is 7.28. The van der Waals surface area contributed by atoms with E-state index in [9.17, 15) is 9.90 Å². The van der Waals surface area contributed by atoms with Gasteiger partial charge in [-0.15, -0.1) is 11.3 Å². The predicted octanol–water partition coefficient (Wildman–Crippen LogP) is 2.54. The number of aliphatic hydroxyl groups is 1. The molecule has 2 rings (SSSR count). The number of nitrogens with one attached hydrogen (secondary N) is 1. The Morgan fingerprint density at radius 3 is 2.95 bits per heavy atom. The fraction of sp³-hybridized carbons (Fsp3) is 0.429. The van der Waals surface area contributed by atoms with Crippen molar-refractivity contribution in [2.45, 2.75) is 26.4 Å². The van der Waals surface area contributed by atoms with E-state index in [4.69, 9.17) is 4.42 Å². The highest BCUT2D eigenvalue weighted by molar-refractivity contribution is 7.13. The molecule has 20 heavy (non-hydrogen) atoms. The summed E-state index contributed by atoms with van der Waals surface area (Å²) in [4.78, 5) is 16.2. The number of hydrogen-bond donors (Lipinski definition) is 2. The number of furan rings is 1. The minimum Gasteiger partial charge on any atom is -0.462 e. The van der Waals surface area contributed by atoms with Crippen LogP contribution in [-0.2, 0) is 0 Å². The molecule has 0 spiro atoms. The van der Waals surface area contributed by atoms with Gasteiger partial charge >= 0.3 is 0 Å². The molecular formula is C14H18N2O3S. The molecule has 2 N–H and O–H groups in total. The molecule has 0 aromatic carbocycles. The smallest absolute Gasteiger partial charge is 0.270 e. The number of carbonyl (C=O) groups is 1. The van der Waals surface area contributed by atoms with Crippen LogP contribution in [0, 0.1) is 5.92 Å². The van der Waals surface area contributed by atoms with E-state index < -0.39 is 5.60 Å². The Morgan fingerprint density at radius 1 is 1.60 bits per heavy atom. The molecule has 0 aliphatic rings. The summed E-state index contributed by atoms with van der Waals surface area (Å²) in [6.45, 7) is 5.71. The Labute approximate surface area is 121 Å². The molecule has 5 nitrogen and oxygen atoms in total. The van der Waals surface area contributed by atoms with Crippen LogP contribution in [0.25, 0.3) is 10.8 Å². The fourth-order valence-corrected chi connectivity index (χ4v) is 2.21. The van der Waals surface area contributed by atoms with Crippen molar-refractivity contribution in [3.8, 4) is 10.8 Å². The van der Waals surface area contributed by atoms with Gasteiger partial charge in [-0.1, -0.05) is 13.8 Å². The van der Waals surface area contributed by atoms with E-state index in [0.717, 1.165) is 0 Å². The summed E-state index contributed by atoms with van der Waals surface area (Å²) in [7, 11) is 0. The number of aromatic nitrogens is 1. The van der Waals surface area contributed by atoms with E-state index in [1.165, 1.54) is 11.3 Å². The molecule has 2 aromatic rings. The fourth-order valence-electron chi connectivity index (χ4n) is 1.45. The Bertz CT molecular complexity index is 573. The Kier molecular flexibility index (Phi) is 4.25. The first-order chi connectivity index (χ1) is 9.40. The number of nitrogens with zero attached hydrogens (tertiary/aromatic N) is 1. The summed E-state index contributed by atoms with van der Waals surface area (Å²) in [5.74, 6) is 0.403. The molecule has 1 amide bonds. The SMILES string of the molecule is CC(C)C(C)(O)CNC(=O)c1csc(-c2ccco2)n1. The monoisotopic (exact) mass is 294 g/mol. The average molecular weight is 294 g/mol. The molecule has 0 fully saturated rings. The molecule has 6 heteroatoms. The van der Waals surface area contributed by atoms with Crippen LogP contribution in [-0.4, -0.2) is 28.1 Å². The van der Waals surface area contributed by atoms with E-state index in [1.54, 1.807) is 30.7 Å². The van der Waals surface area contributed by atoms with Crippen LogP contribution in [0.1, 0.15) is 31.3 Å². The summed E-state index contributed by atoms with van der Waals surface area (Å²) >= 11 is 1.35.